The number of sulfonamides is 1. The molecule has 2 rings (SSSR count). The van der Waals surface area contributed by atoms with E-state index >= 15 is 0 Å². The van der Waals surface area contributed by atoms with Crippen LogP contribution in [0.3, 0.4) is 0 Å². The molecule has 26 heavy (non-hydrogen) atoms. The monoisotopic (exact) mass is 380 g/mol. The van der Waals surface area contributed by atoms with Crippen LogP contribution in [0.5, 0.6) is 0 Å². The van der Waals surface area contributed by atoms with Crippen LogP contribution >= 0.6 is 0 Å². The van der Waals surface area contributed by atoms with E-state index in [4.69, 9.17) is 0 Å². The van der Waals surface area contributed by atoms with Crippen LogP contribution in [0.4, 0.5) is 0 Å². The predicted octanol–water partition coefficient (Wildman–Crippen LogP) is 3.32. The predicted molar refractivity (Wildman–Crippen MR) is 105 cm³/mol. The summed E-state index contributed by atoms with van der Waals surface area (Å²) in [5.74, 6) is -0.299. The van der Waals surface area contributed by atoms with Gasteiger partial charge in [-0.25, -0.2) is 8.42 Å². The summed E-state index contributed by atoms with van der Waals surface area (Å²) in [4.78, 5) is 12.9. The molecule has 1 aliphatic heterocycles. The van der Waals surface area contributed by atoms with Gasteiger partial charge in [-0.05, 0) is 58.1 Å². The molecule has 0 bridgehead atoms. The van der Waals surface area contributed by atoms with E-state index in [2.05, 4.69) is 12.2 Å². The van der Waals surface area contributed by atoms with E-state index in [0.717, 1.165) is 36.0 Å². The second kappa shape index (κ2) is 8.53. The van der Waals surface area contributed by atoms with E-state index in [1.165, 1.54) is 4.31 Å². The molecule has 1 N–H and O–H groups in total. The number of nitrogens with zero attached hydrogens (tertiary/aromatic N) is 1. The van der Waals surface area contributed by atoms with E-state index in [1.807, 2.05) is 39.8 Å². The van der Waals surface area contributed by atoms with Crippen LogP contribution in [0.2, 0.25) is 0 Å². The smallest absolute Gasteiger partial charge is 0.243 e. The number of hydrogen-bond donors (Lipinski definition) is 1. The Morgan fingerprint density at radius 3 is 2.46 bits per heavy atom. The zero-order valence-electron chi connectivity index (χ0n) is 16.6. The summed E-state index contributed by atoms with van der Waals surface area (Å²) >= 11 is 0. The summed E-state index contributed by atoms with van der Waals surface area (Å²) in [6.07, 6.45) is 3.40. The summed E-state index contributed by atoms with van der Waals surface area (Å²) in [6, 6.07) is 3.93. The number of rotatable bonds is 6. The van der Waals surface area contributed by atoms with E-state index in [9.17, 15) is 13.2 Å². The molecule has 0 saturated carbocycles. The van der Waals surface area contributed by atoms with Gasteiger partial charge in [-0.15, -0.1) is 0 Å². The first kappa shape index (κ1) is 20.9. The number of carbonyl (C=O) groups is 1. The van der Waals surface area contributed by atoms with Gasteiger partial charge in [0.1, 0.15) is 0 Å². The second-order valence-corrected chi connectivity index (χ2v) is 9.50. The Kier molecular flexibility index (Phi) is 6.86. The number of nitrogens with one attached hydrogen (secondary N) is 1. The molecular formula is C20H32N2O3S. The van der Waals surface area contributed by atoms with E-state index < -0.39 is 10.0 Å². The second-order valence-electron chi connectivity index (χ2n) is 7.63. The van der Waals surface area contributed by atoms with Crippen molar-refractivity contribution in [2.75, 3.05) is 13.1 Å². The highest BCUT2D eigenvalue weighted by Crippen LogP contribution is 2.29. The maximum atomic E-state index is 13.2. The van der Waals surface area contributed by atoms with Crippen LogP contribution in [0.25, 0.3) is 0 Å². The van der Waals surface area contributed by atoms with Crippen LogP contribution in [-0.4, -0.2) is 37.8 Å². The Balaban J connectivity index is 2.19. The van der Waals surface area contributed by atoms with Crippen LogP contribution in [0.15, 0.2) is 17.0 Å². The number of hydrogen-bond acceptors (Lipinski definition) is 3. The molecule has 0 unspecified atom stereocenters. The Morgan fingerprint density at radius 1 is 1.27 bits per heavy atom. The molecule has 1 amide bonds. The number of piperidine rings is 1. The Morgan fingerprint density at radius 2 is 1.88 bits per heavy atom. The largest absolute Gasteiger partial charge is 0.353 e. The minimum Gasteiger partial charge on any atom is -0.353 e. The molecule has 1 saturated heterocycles. The first-order chi connectivity index (χ1) is 12.2. The maximum Gasteiger partial charge on any atom is 0.243 e. The van der Waals surface area contributed by atoms with Crippen molar-refractivity contribution < 1.29 is 13.2 Å². The molecular weight excluding hydrogens is 348 g/mol. The molecule has 1 aromatic rings. The Labute approximate surface area is 158 Å². The third kappa shape index (κ3) is 4.65. The fraction of sp³-hybridized carbons (Fsp3) is 0.650. The van der Waals surface area contributed by atoms with Gasteiger partial charge in [-0.1, -0.05) is 31.0 Å². The average Bonchev–Trinajstić information content (AvgIpc) is 2.53. The molecule has 6 heteroatoms. The highest BCUT2D eigenvalue weighted by Gasteiger charge is 2.35. The number of benzene rings is 1. The normalized spacial score (nSPS) is 20.0. The summed E-state index contributed by atoms with van der Waals surface area (Å²) in [6.45, 7) is 10.5. The van der Waals surface area contributed by atoms with Gasteiger partial charge in [0.05, 0.1) is 10.8 Å². The minimum atomic E-state index is -3.59. The Hall–Kier alpha value is -1.40. The van der Waals surface area contributed by atoms with Gasteiger partial charge >= 0.3 is 0 Å². The lowest BCUT2D eigenvalue weighted by Crippen LogP contribution is -2.47. The molecule has 5 nitrogen and oxygen atoms in total. The van der Waals surface area contributed by atoms with Crippen molar-refractivity contribution in [2.24, 2.45) is 5.92 Å². The fourth-order valence-electron chi connectivity index (χ4n) is 3.94. The van der Waals surface area contributed by atoms with Crippen molar-refractivity contribution in [3.63, 3.8) is 0 Å². The van der Waals surface area contributed by atoms with E-state index in [0.29, 0.717) is 17.9 Å². The summed E-state index contributed by atoms with van der Waals surface area (Å²) in [5, 5.41) is 3.03. The first-order valence-corrected chi connectivity index (χ1v) is 11.0. The number of carbonyl (C=O) groups excluding carboxylic acids is 1. The van der Waals surface area contributed by atoms with Gasteiger partial charge in [0.25, 0.3) is 0 Å². The van der Waals surface area contributed by atoms with E-state index in [-0.39, 0.29) is 24.4 Å². The molecule has 146 valence electrons. The molecule has 2 atom stereocenters. The van der Waals surface area contributed by atoms with Crippen molar-refractivity contribution in [1.29, 1.82) is 0 Å². The van der Waals surface area contributed by atoms with Gasteiger partial charge in [0, 0.05) is 19.1 Å². The molecule has 0 spiro atoms. The standard InChI is InChI=1S/C20H32N2O3S/c1-6-8-17(5)21-20(23)18-9-7-10-22(13-18)26(24,25)19-15(3)11-14(2)12-16(19)4/h11-12,17-18H,6-10,13H2,1-5H3,(H,21,23)/t17-,18-/m1/s1. The summed E-state index contributed by atoms with van der Waals surface area (Å²) in [5.41, 5.74) is 2.59. The highest BCUT2D eigenvalue weighted by molar-refractivity contribution is 7.89. The van der Waals surface area contributed by atoms with Gasteiger partial charge in [-0.2, -0.15) is 4.31 Å². The number of aryl methyl sites for hydroxylation is 3. The highest BCUT2D eigenvalue weighted by atomic mass is 32.2. The summed E-state index contributed by atoms with van der Waals surface area (Å²) < 4.78 is 28.0. The lowest BCUT2D eigenvalue weighted by molar-refractivity contribution is -0.126. The van der Waals surface area contributed by atoms with Crippen LogP contribution in [0, 0.1) is 26.7 Å². The van der Waals surface area contributed by atoms with Gasteiger partial charge in [-0.3, -0.25) is 4.79 Å². The maximum absolute atomic E-state index is 13.2. The topological polar surface area (TPSA) is 66.5 Å². The third-order valence-corrected chi connectivity index (χ3v) is 7.24. The van der Waals surface area contributed by atoms with Gasteiger partial charge in [0.2, 0.25) is 15.9 Å². The van der Waals surface area contributed by atoms with Crippen molar-refractivity contribution in [1.82, 2.24) is 9.62 Å². The lowest BCUT2D eigenvalue weighted by Gasteiger charge is -2.32. The fourth-order valence-corrected chi connectivity index (χ4v) is 5.88. The molecule has 1 aliphatic rings. The van der Waals surface area contributed by atoms with Crippen molar-refractivity contribution in [3.8, 4) is 0 Å². The minimum absolute atomic E-state index is 0.0248. The molecule has 1 fully saturated rings. The van der Waals surface area contributed by atoms with Crippen LogP contribution in [-0.2, 0) is 14.8 Å². The summed E-state index contributed by atoms with van der Waals surface area (Å²) in [7, 11) is -3.59. The first-order valence-electron chi connectivity index (χ1n) is 9.55. The average molecular weight is 381 g/mol. The third-order valence-electron chi connectivity index (χ3n) is 5.07. The molecule has 0 radical (unpaired) electrons. The molecule has 1 aromatic carbocycles. The molecule has 0 aliphatic carbocycles. The lowest BCUT2D eigenvalue weighted by atomic mass is 9.98. The number of amides is 1. The van der Waals surface area contributed by atoms with Gasteiger partial charge < -0.3 is 5.32 Å². The zero-order valence-corrected chi connectivity index (χ0v) is 17.4. The molecule has 1 heterocycles. The van der Waals surface area contributed by atoms with E-state index in [1.54, 1.807) is 0 Å². The van der Waals surface area contributed by atoms with Crippen LogP contribution in [0.1, 0.15) is 56.2 Å². The van der Waals surface area contributed by atoms with Crippen molar-refractivity contribution in [2.45, 2.75) is 71.2 Å². The molecule has 0 aromatic heterocycles. The van der Waals surface area contributed by atoms with Crippen molar-refractivity contribution in [3.05, 3.63) is 28.8 Å². The van der Waals surface area contributed by atoms with Crippen molar-refractivity contribution >= 4 is 15.9 Å². The zero-order chi connectivity index (χ0) is 19.5. The quantitative estimate of drug-likeness (QED) is 0.823. The Bertz CT molecular complexity index is 735. The van der Waals surface area contributed by atoms with Crippen LogP contribution < -0.4 is 5.32 Å². The van der Waals surface area contributed by atoms with Gasteiger partial charge in [0.15, 0.2) is 0 Å². The SMILES string of the molecule is CCC[C@@H](C)NC(=O)[C@@H]1CCCN(S(=O)(=O)c2c(C)cc(C)cc2C)C1.